The molecule has 0 spiro atoms. The zero-order valence-corrected chi connectivity index (χ0v) is 16.4. The monoisotopic (exact) mass is 387 g/mol. The Hall–Kier alpha value is -2.37. The van der Waals surface area contributed by atoms with E-state index in [9.17, 15) is 9.59 Å². The van der Waals surface area contributed by atoms with E-state index in [1.165, 1.54) is 0 Å². The predicted molar refractivity (Wildman–Crippen MR) is 109 cm³/mol. The Balaban J connectivity index is 0.00000261. The minimum Gasteiger partial charge on any atom is -0.339 e. The lowest BCUT2D eigenvalue weighted by Gasteiger charge is -2.35. The molecule has 0 atom stereocenters. The first-order valence-corrected chi connectivity index (χ1v) is 8.99. The SMILES string of the molecule is Cc1ccccc1CC(=O)N1CCN(C(=O)c2ccc(CN)cc2)CC1.Cl. The average Bonchev–Trinajstić information content (AvgIpc) is 2.69. The number of piperazine rings is 1. The lowest BCUT2D eigenvalue weighted by molar-refractivity contribution is -0.131. The van der Waals surface area contributed by atoms with Gasteiger partial charge in [0.05, 0.1) is 6.42 Å². The molecule has 6 heteroatoms. The molecule has 27 heavy (non-hydrogen) atoms. The van der Waals surface area contributed by atoms with Crippen molar-refractivity contribution in [2.45, 2.75) is 19.9 Å². The maximum atomic E-state index is 12.6. The molecule has 5 nitrogen and oxygen atoms in total. The molecule has 0 unspecified atom stereocenters. The molecule has 144 valence electrons. The maximum Gasteiger partial charge on any atom is 0.253 e. The molecule has 0 bridgehead atoms. The topological polar surface area (TPSA) is 66.6 Å². The first kappa shape index (κ1) is 20.9. The fourth-order valence-electron chi connectivity index (χ4n) is 3.21. The molecule has 2 aromatic rings. The number of rotatable bonds is 4. The fourth-order valence-corrected chi connectivity index (χ4v) is 3.21. The zero-order valence-electron chi connectivity index (χ0n) is 15.6. The lowest BCUT2D eigenvalue weighted by Crippen LogP contribution is -2.51. The molecular formula is C21H26ClN3O2. The van der Waals surface area contributed by atoms with E-state index >= 15 is 0 Å². The minimum absolute atomic E-state index is 0. The third kappa shape index (κ3) is 5.08. The summed E-state index contributed by atoms with van der Waals surface area (Å²) < 4.78 is 0. The van der Waals surface area contributed by atoms with Gasteiger partial charge in [0.2, 0.25) is 5.91 Å². The van der Waals surface area contributed by atoms with Gasteiger partial charge in [-0.1, -0.05) is 36.4 Å². The summed E-state index contributed by atoms with van der Waals surface area (Å²) in [5.74, 6) is 0.137. The van der Waals surface area contributed by atoms with Crippen LogP contribution in [0.15, 0.2) is 48.5 Å². The van der Waals surface area contributed by atoms with Crippen molar-refractivity contribution in [2.24, 2.45) is 5.73 Å². The van der Waals surface area contributed by atoms with Gasteiger partial charge in [-0.15, -0.1) is 12.4 Å². The summed E-state index contributed by atoms with van der Waals surface area (Å²) in [5.41, 5.74) is 9.47. The van der Waals surface area contributed by atoms with Gasteiger partial charge in [-0.3, -0.25) is 9.59 Å². The number of nitrogens with zero attached hydrogens (tertiary/aromatic N) is 2. The lowest BCUT2D eigenvalue weighted by atomic mass is 10.0. The Bertz CT molecular complexity index is 784. The summed E-state index contributed by atoms with van der Waals surface area (Å²) in [6.45, 7) is 4.79. The van der Waals surface area contributed by atoms with E-state index in [0.29, 0.717) is 44.7 Å². The molecule has 3 rings (SSSR count). The number of nitrogens with two attached hydrogens (primary N) is 1. The molecule has 2 amide bonds. The second kappa shape index (κ2) is 9.53. The van der Waals surface area contributed by atoms with Crippen LogP contribution in [0.4, 0.5) is 0 Å². The fraction of sp³-hybridized carbons (Fsp3) is 0.333. The van der Waals surface area contributed by atoms with Crippen molar-refractivity contribution in [3.8, 4) is 0 Å². The second-order valence-electron chi connectivity index (χ2n) is 6.68. The Morgan fingerprint density at radius 1 is 0.926 bits per heavy atom. The number of aryl methyl sites for hydroxylation is 1. The molecular weight excluding hydrogens is 362 g/mol. The second-order valence-corrected chi connectivity index (χ2v) is 6.68. The van der Waals surface area contributed by atoms with Crippen LogP contribution in [0.2, 0.25) is 0 Å². The average molecular weight is 388 g/mol. The molecule has 2 aromatic carbocycles. The Labute approximate surface area is 166 Å². The van der Waals surface area contributed by atoms with Crippen LogP contribution in [0.25, 0.3) is 0 Å². The minimum atomic E-state index is 0. The van der Waals surface area contributed by atoms with Gasteiger partial charge in [0.25, 0.3) is 5.91 Å². The van der Waals surface area contributed by atoms with Crippen molar-refractivity contribution < 1.29 is 9.59 Å². The van der Waals surface area contributed by atoms with Crippen LogP contribution in [-0.2, 0) is 17.8 Å². The third-order valence-corrected chi connectivity index (χ3v) is 4.96. The molecule has 0 saturated carbocycles. The van der Waals surface area contributed by atoms with Crippen molar-refractivity contribution in [1.29, 1.82) is 0 Å². The van der Waals surface area contributed by atoms with E-state index in [1.807, 2.05) is 65.3 Å². The number of halogens is 1. The highest BCUT2D eigenvalue weighted by molar-refractivity contribution is 5.94. The molecule has 1 aliphatic heterocycles. The third-order valence-electron chi connectivity index (χ3n) is 4.96. The largest absolute Gasteiger partial charge is 0.339 e. The van der Waals surface area contributed by atoms with Gasteiger partial charge in [0.1, 0.15) is 0 Å². The number of carbonyl (C=O) groups is 2. The van der Waals surface area contributed by atoms with E-state index in [2.05, 4.69) is 0 Å². The number of hydrogen-bond acceptors (Lipinski definition) is 3. The van der Waals surface area contributed by atoms with Gasteiger partial charge in [-0.05, 0) is 35.7 Å². The van der Waals surface area contributed by atoms with Crippen molar-refractivity contribution >= 4 is 24.2 Å². The van der Waals surface area contributed by atoms with Gasteiger partial charge >= 0.3 is 0 Å². The summed E-state index contributed by atoms with van der Waals surface area (Å²) in [6, 6.07) is 15.4. The van der Waals surface area contributed by atoms with Crippen LogP contribution >= 0.6 is 12.4 Å². The first-order chi connectivity index (χ1) is 12.6. The Morgan fingerprint density at radius 2 is 1.52 bits per heavy atom. The van der Waals surface area contributed by atoms with Crippen LogP contribution < -0.4 is 5.73 Å². The summed E-state index contributed by atoms with van der Waals surface area (Å²) in [7, 11) is 0. The van der Waals surface area contributed by atoms with Gasteiger partial charge < -0.3 is 15.5 Å². The highest BCUT2D eigenvalue weighted by Gasteiger charge is 2.25. The number of carbonyl (C=O) groups excluding carboxylic acids is 2. The van der Waals surface area contributed by atoms with E-state index < -0.39 is 0 Å². The smallest absolute Gasteiger partial charge is 0.253 e. The molecule has 1 fully saturated rings. The van der Waals surface area contributed by atoms with Crippen LogP contribution in [-0.4, -0.2) is 47.8 Å². The van der Waals surface area contributed by atoms with Crippen LogP contribution in [0.1, 0.15) is 27.0 Å². The van der Waals surface area contributed by atoms with Crippen molar-refractivity contribution in [3.05, 3.63) is 70.8 Å². The standard InChI is InChI=1S/C21H25N3O2.ClH/c1-16-4-2-3-5-19(16)14-20(25)23-10-12-24(13-11-23)21(26)18-8-6-17(15-22)7-9-18;/h2-9H,10-15,22H2,1H3;1H. The summed E-state index contributed by atoms with van der Waals surface area (Å²) >= 11 is 0. The van der Waals surface area contributed by atoms with E-state index in [4.69, 9.17) is 5.73 Å². The first-order valence-electron chi connectivity index (χ1n) is 8.99. The molecule has 1 heterocycles. The normalized spacial score (nSPS) is 13.9. The van der Waals surface area contributed by atoms with E-state index in [1.54, 1.807) is 0 Å². The van der Waals surface area contributed by atoms with Gasteiger partial charge in [0, 0.05) is 38.3 Å². The number of hydrogen-bond donors (Lipinski definition) is 1. The number of benzene rings is 2. The van der Waals surface area contributed by atoms with Crippen molar-refractivity contribution in [2.75, 3.05) is 26.2 Å². The van der Waals surface area contributed by atoms with Crippen LogP contribution in [0.3, 0.4) is 0 Å². The van der Waals surface area contributed by atoms with E-state index in [-0.39, 0.29) is 24.2 Å². The van der Waals surface area contributed by atoms with Gasteiger partial charge in [-0.25, -0.2) is 0 Å². The zero-order chi connectivity index (χ0) is 18.5. The highest BCUT2D eigenvalue weighted by Crippen LogP contribution is 2.13. The van der Waals surface area contributed by atoms with Crippen LogP contribution in [0, 0.1) is 6.92 Å². The molecule has 1 saturated heterocycles. The Morgan fingerprint density at radius 3 is 2.11 bits per heavy atom. The van der Waals surface area contributed by atoms with E-state index in [0.717, 1.165) is 16.7 Å². The predicted octanol–water partition coefficient (Wildman–Crippen LogP) is 2.40. The molecule has 0 aromatic heterocycles. The molecule has 2 N–H and O–H groups in total. The highest BCUT2D eigenvalue weighted by atomic mass is 35.5. The number of amides is 2. The van der Waals surface area contributed by atoms with Gasteiger partial charge in [-0.2, -0.15) is 0 Å². The van der Waals surface area contributed by atoms with Crippen molar-refractivity contribution in [1.82, 2.24) is 9.80 Å². The maximum absolute atomic E-state index is 12.6. The molecule has 0 radical (unpaired) electrons. The summed E-state index contributed by atoms with van der Waals surface area (Å²) in [6.07, 6.45) is 0.418. The summed E-state index contributed by atoms with van der Waals surface area (Å²) in [4.78, 5) is 28.8. The van der Waals surface area contributed by atoms with Crippen molar-refractivity contribution in [3.63, 3.8) is 0 Å². The van der Waals surface area contributed by atoms with Crippen LogP contribution in [0.5, 0.6) is 0 Å². The quantitative estimate of drug-likeness (QED) is 0.876. The Kier molecular flexibility index (Phi) is 7.39. The summed E-state index contributed by atoms with van der Waals surface area (Å²) in [5, 5.41) is 0. The molecule has 1 aliphatic rings. The van der Waals surface area contributed by atoms with Gasteiger partial charge in [0.15, 0.2) is 0 Å². The molecule has 0 aliphatic carbocycles.